The third kappa shape index (κ3) is 4.51. The van der Waals surface area contributed by atoms with Crippen LogP contribution in [0.3, 0.4) is 0 Å². The van der Waals surface area contributed by atoms with Crippen LogP contribution < -0.4 is 10.5 Å². The lowest BCUT2D eigenvalue weighted by molar-refractivity contribution is 0.0902. The topological polar surface area (TPSA) is 44.5 Å². The molecule has 1 aliphatic heterocycles. The van der Waals surface area contributed by atoms with E-state index >= 15 is 0 Å². The van der Waals surface area contributed by atoms with Crippen LogP contribution in [0.1, 0.15) is 37.3 Å². The smallest absolute Gasteiger partial charge is 0.122 e. The Morgan fingerprint density at radius 3 is 3.00 bits per heavy atom. The summed E-state index contributed by atoms with van der Waals surface area (Å²) in [5.41, 5.74) is 8.36. The number of ether oxygens (including phenoxy) is 2. The second kappa shape index (κ2) is 6.92. The molecule has 3 nitrogen and oxygen atoms in total. The summed E-state index contributed by atoms with van der Waals surface area (Å²) >= 11 is 0. The number of hydrogen-bond acceptors (Lipinski definition) is 3. The quantitative estimate of drug-likeness (QED) is 0.858. The molecule has 2 rings (SSSR count). The first-order chi connectivity index (χ1) is 9.15. The Morgan fingerprint density at radius 1 is 1.47 bits per heavy atom. The molecule has 1 aromatic rings. The molecule has 1 fully saturated rings. The van der Waals surface area contributed by atoms with Crippen molar-refractivity contribution >= 4 is 0 Å². The highest BCUT2D eigenvalue weighted by atomic mass is 16.5. The van der Waals surface area contributed by atoms with Crippen molar-refractivity contribution in [2.24, 2.45) is 5.73 Å². The minimum Gasteiger partial charge on any atom is -0.493 e. The van der Waals surface area contributed by atoms with Crippen molar-refractivity contribution in [1.29, 1.82) is 0 Å². The van der Waals surface area contributed by atoms with Gasteiger partial charge in [-0.05, 0) is 44.7 Å². The molecule has 0 spiro atoms. The number of hydrogen-bond donors (Lipinski definition) is 1. The summed E-state index contributed by atoms with van der Waals surface area (Å²) in [6.07, 6.45) is 4.58. The first kappa shape index (κ1) is 14.4. The Balaban J connectivity index is 1.90. The lowest BCUT2D eigenvalue weighted by Crippen LogP contribution is -2.19. The molecule has 0 radical (unpaired) electrons. The van der Waals surface area contributed by atoms with Gasteiger partial charge in [0.15, 0.2) is 0 Å². The molecule has 2 N–H and O–H groups in total. The van der Waals surface area contributed by atoms with Crippen LogP contribution >= 0.6 is 0 Å². The van der Waals surface area contributed by atoms with Crippen LogP contribution in [-0.2, 0) is 11.2 Å². The van der Waals surface area contributed by atoms with E-state index in [0.717, 1.165) is 31.8 Å². The van der Waals surface area contributed by atoms with E-state index in [-0.39, 0.29) is 6.04 Å². The normalized spacial score (nSPS) is 20.5. The molecule has 1 aromatic carbocycles. The zero-order valence-electron chi connectivity index (χ0n) is 12.0. The third-order valence-electron chi connectivity index (χ3n) is 3.48. The molecule has 0 amide bonds. The van der Waals surface area contributed by atoms with Crippen LogP contribution in [0, 0.1) is 6.92 Å². The van der Waals surface area contributed by atoms with Gasteiger partial charge in [-0.1, -0.05) is 17.7 Å². The number of rotatable bonds is 6. The second-order valence-electron chi connectivity index (χ2n) is 5.56. The van der Waals surface area contributed by atoms with Crippen molar-refractivity contribution in [3.63, 3.8) is 0 Å². The number of nitrogens with two attached hydrogens (primary N) is 1. The monoisotopic (exact) mass is 263 g/mol. The molecule has 2 unspecified atom stereocenters. The number of aryl methyl sites for hydroxylation is 1. The van der Waals surface area contributed by atoms with Gasteiger partial charge in [-0.25, -0.2) is 0 Å². The van der Waals surface area contributed by atoms with E-state index in [4.69, 9.17) is 15.2 Å². The van der Waals surface area contributed by atoms with E-state index in [0.29, 0.717) is 6.10 Å². The largest absolute Gasteiger partial charge is 0.493 e. The summed E-state index contributed by atoms with van der Waals surface area (Å²) in [4.78, 5) is 0. The maximum atomic E-state index is 5.92. The van der Waals surface area contributed by atoms with Crippen molar-refractivity contribution < 1.29 is 9.47 Å². The fourth-order valence-corrected chi connectivity index (χ4v) is 2.53. The summed E-state index contributed by atoms with van der Waals surface area (Å²) in [6, 6.07) is 6.47. The minimum atomic E-state index is 0.155. The SMILES string of the molecule is Cc1ccc(OCCC2CCCO2)c(CC(C)N)c1. The van der Waals surface area contributed by atoms with Gasteiger partial charge in [0.05, 0.1) is 12.7 Å². The second-order valence-corrected chi connectivity index (χ2v) is 5.56. The van der Waals surface area contributed by atoms with Crippen LogP contribution in [0.2, 0.25) is 0 Å². The zero-order chi connectivity index (χ0) is 13.7. The Hall–Kier alpha value is -1.06. The Kier molecular flexibility index (Phi) is 5.23. The lowest BCUT2D eigenvalue weighted by atomic mass is 10.0. The molecule has 3 heteroatoms. The van der Waals surface area contributed by atoms with Crippen LogP contribution in [0.25, 0.3) is 0 Å². The summed E-state index contributed by atoms with van der Waals surface area (Å²) in [7, 11) is 0. The lowest BCUT2D eigenvalue weighted by Gasteiger charge is -2.15. The molecule has 0 saturated carbocycles. The first-order valence-corrected chi connectivity index (χ1v) is 7.24. The minimum absolute atomic E-state index is 0.155. The Labute approximate surface area is 116 Å². The van der Waals surface area contributed by atoms with Gasteiger partial charge in [-0.15, -0.1) is 0 Å². The van der Waals surface area contributed by atoms with Crippen molar-refractivity contribution in [2.75, 3.05) is 13.2 Å². The van der Waals surface area contributed by atoms with Gasteiger partial charge in [0, 0.05) is 19.1 Å². The highest BCUT2D eigenvalue weighted by molar-refractivity contribution is 5.37. The first-order valence-electron chi connectivity index (χ1n) is 7.24. The molecule has 106 valence electrons. The predicted octanol–water partition coefficient (Wildman–Crippen LogP) is 2.83. The summed E-state index contributed by atoms with van der Waals surface area (Å²) < 4.78 is 11.5. The van der Waals surface area contributed by atoms with E-state index in [2.05, 4.69) is 25.1 Å². The van der Waals surface area contributed by atoms with Gasteiger partial charge in [-0.3, -0.25) is 0 Å². The molecular weight excluding hydrogens is 238 g/mol. The Morgan fingerprint density at radius 2 is 2.32 bits per heavy atom. The average Bonchev–Trinajstić information content (AvgIpc) is 2.84. The van der Waals surface area contributed by atoms with Gasteiger partial charge >= 0.3 is 0 Å². The molecule has 0 aliphatic carbocycles. The molecule has 19 heavy (non-hydrogen) atoms. The standard InChI is InChI=1S/C16H25NO2/c1-12-5-6-16(14(10-12)11-13(2)17)19-9-7-15-4-3-8-18-15/h5-6,10,13,15H,3-4,7-9,11,17H2,1-2H3. The summed E-state index contributed by atoms with van der Waals surface area (Å²) in [6.45, 7) is 5.75. The van der Waals surface area contributed by atoms with Gasteiger partial charge in [0.25, 0.3) is 0 Å². The number of benzene rings is 1. The molecule has 0 aromatic heterocycles. The van der Waals surface area contributed by atoms with Gasteiger partial charge in [-0.2, -0.15) is 0 Å². The van der Waals surface area contributed by atoms with Crippen LogP contribution in [0.5, 0.6) is 5.75 Å². The summed E-state index contributed by atoms with van der Waals surface area (Å²) in [5.74, 6) is 0.973. The molecule has 1 saturated heterocycles. The molecule has 2 atom stereocenters. The Bertz CT molecular complexity index is 398. The van der Waals surface area contributed by atoms with Crippen molar-refractivity contribution in [3.05, 3.63) is 29.3 Å². The fraction of sp³-hybridized carbons (Fsp3) is 0.625. The van der Waals surface area contributed by atoms with Crippen LogP contribution in [0.4, 0.5) is 0 Å². The van der Waals surface area contributed by atoms with E-state index in [1.165, 1.54) is 24.0 Å². The molecule has 1 heterocycles. The van der Waals surface area contributed by atoms with E-state index in [9.17, 15) is 0 Å². The van der Waals surface area contributed by atoms with E-state index in [1.54, 1.807) is 0 Å². The van der Waals surface area contributed by atoms with Gasteiger partial charge in [0.2, 0.25) is 0 Å². The maximum absolute atomic E-state index is 5.92. The van der Waals surface area contributed by atoms with Gasteiger partial charge in [0.1, 0.15) is 5.75 Å². The molecule has 0 bridgehead atoms. The van der Waals surface area contributed by atoms with Crippen molar-refractivity contribution in [1.82, 2.24) is 0 Å². The highest BCUT2D eigenvalue weighted by Gasteiger charge is 2.15. The van der Waals surface area contributed by atoms with E-state index < -0.39 is 0 Å². The molecular formula is C16H25NO2. The zero-order valence-corrected chi connectivity index (χ0v) is 12.0. The van der Waals surface area contributed by atoms with Crippen LogP contribution in [-0.4, -0.2) is 25.4 Å². The van der Waals surface area contributed by atoms with Crippen LogP contribution in [0.15, 0.2) is 18.2 Å². The van der Waals surface area contributed by atoms with Gasteiger partial charge < -0.3 is 15.2 Å². The third-order valence-corrected chi connectivity index (χ3v) is 3.48. The predicted molar refractivity (Wildman–Crippen MR) is 77.6 cm³/mol. The average molecular weight is 263 g/mol. The summed E-state index contributed by atoms with van der Waals surface area (Å²) in [5, 5.41) is 0. The maximum Gasteiger partial charge on any atom is 0.122 e. The van der Waals surface area contributed by atoms with Crippen molar-refractivity contribution in [3.8, 4) is 5.75 Å². The highest BCUT2D eigenvalue weighted by Crippen LogP contribution is 2.22. The fourth-order valence-electron chi connectivity index (χ4n) is 2.53. The molecule has 1 aliphatic rings. The van der Waals surface area contributed by atoms with E-state index in [1.807, 2.05) is 6.92 Å². The van der Waals surface area contributed by atoms with Crippen molar-refractivity contribution in [2.45, 2.75) is 51.7 Å².